The second-order valence-electron chi connectivity index (χ2n) is 5.40. The van der Waals surface area contributed by atoms with Crippen LogP contribution in [0.5, 0.6) is 0 Å². The molecule has 0 fully saturated rings. The minimum absolute atomic E-state index is 0.0503. The molecule has 0 aromatic carbocycles. The number of hydrogen-bond acceptors (Lipinski definition) is 4. The van der Waals surface area contributed by atoms with Crippen LogP contribution in [0.3, 0.4) is 0 Å². The van der Waals surface area contributed by atoms with Crippen LogP contribution in [0.4, 0.5) is 0 Å². The lowest BCUT2D eigenvalue weighted by atomic mass is 10.2. The van der Waals surface area contributed by atoms with Crippen LogP contribution in [0.15, 0.2) is 11.0 Å². The Morgan fingerprint density at radius 3 is 2.25 bits per heavy atom. The molecule has 0 radical (unpaired) electrons. The summed E-state index contributed by atoms with van der Waals surface area (Å²) in [6, 6.07) is 1.09. The number of aromatic carboxylic acids is 1. The predicted octanol–water partition coefficient (Wildman–Crippen LogP) is 2.81. The van der Waals surface area contributed by atoms with Gasteiger partial charge in [-0.3, -0.25) is 0 Å². The molecule has 7 heteroatoms. The van der Waals surface area contributed by atoms with Crippen LogP contribution < -0.4 is 0 Å². The van der Waals surface area contributed by atoms with Crippen LogP contribution in [0.1, 0.15) is 42.2 Å². The maximum atomic E-state index is 12.7. The molecule has 0 bridgehead atoms. The van der Waals surface area contributed by atoms with Crippen molar-refractivity contribution in [2.75, 3.05) is 6.54 Å². The summed E-state index contributed by atoms with van der Waals surface area (Å²) >= 11 is 0.992. The van der Waals surface area contributed by atoms with Crippen LogP contribution >= 0.6 is 11.3 Å². The molecule has 0 atom stereocenters. The summed E-state index contributed by atoms with van der Waals surface area (Å²) in [6.45, 7) is 9.59. The van der Waals surface area contributed by atoms with Crippen LogP contribution in [0.2, 0.25) is 0 Å². The van der Waals surface area contributed by atoms with Gasteiger partial charge in [-0.2, -0.15) is 4.31 Å². The molecule has 0 amide bonds. The first-order valence-corrected chi connectivity index (χ1v) is 8.68. The standard InChI is InChI=1S/C13H21NO4S2/c1-8(2)7-14(9(3)4)20(17,18)12-6-11(13(15)16)19-10(12)5/h6,8-9H,7H2,1-5H3,(H,15,16). The zero-order chi connectivity index (χ0) is 15.7. The lowest BCUT2D eigenvalue weighted by molar-refractivity contribution is 0.0702. The van der Waals surface area contributed by atoms with Crippen molar-refractivity contribution in [2.45, 2.75) is 45.6 Å². The number of aryl methyl sites for hydroxylation is 1. The zero-order valence-corrected chi connectivity index (χ0v) is 14.0. The van der Waals surface area contributed by atoms with E-state index in [1.807, 2.05) is 27.7 Å². The summed E-state index contributed by atoms with van der Waals surface area (Å²) in [4.78, 5) is 11.6. The van der Waals surface area contributed by atoms with Gasteiger partial charge in [-0.25, -0.2) is 13.2 Å². The third-order valence-corrected chi connectivity index (χ3v) is 6.13. The van der Waals surface area contributed by atoms with Gasteiger partial charge >= 0.3 is 5.97 Å². The number of carboxylic acid groups (broad SMARTS) is 1. The number of rotatable bonds is 6. The number of hydrogen-bond donors (Lipinski definition) is 1. The van der Waals surface area contributed by atoms with Crippen LogP contribution in [-0.2, 0) is 10.0 Å². The molecule has 0 spiro atoms. The molecule has 1 aromatic rings. The first kappa shape index (κ1) is 17.1. The van der Waals surface area contributed by atoms with Gasteiger partial charge < -0.3 is 5.11 Å². The van der Waals surface area contributed by atoms with E-state index in [0.717, 1.165) is 11.3 Å². The lowest BCUT2D eigenvalue weighted by Crippen LogP contribution is -2.39. The molecule has 0 saturated heterocycles. The van der Waals surface area contributed by atoms with E-state index in [9.17, 15) is 13.2 Å². The molecule has 0 unspecified atom stereocenters. The molecular weight excluding hydrogens is 298 g/mol. The molecule has 20 heavy (non-hydrogen) atoms. The minimum Gasteiger partial charge on any atom is -0.477 e. The Morgan fingerprint density at radius 2 is 1.90 bits per heavy atom. The van der Waals surface area contributed by atoms with Crippen molar-refractivity contribution < 1.29 is 18.3 Å². The van der Waals surface area contributed by atoms with Gasteiger partial charge in [0.15, 0.2) is 0 Å². The van der Waals surface area contributed by atoms with Gasteiger partial charge in [0, 0.05) is 17.5 Å². The van der Waals surface area contributed by atoms with Crippen molar-refractivity contribution in [1.82, 2.24) is 4.31 Å². The molecule has 1 aromatic heterocycles. The smallest absolute Gasteiger partial charge is 0.345 e. The maximum absolute atomic E-state index is 12.7. The van der Waals surface area contributed by atoms with Crippen molar-refractivity contribution in [2.24, 2.45) is 5.92 Å². The second kappa shape index (κ2) is 6.24. The molecule has 0 aliphatic rings. The van der Waals surface area contributed by atoms with E-state index in [1.165, 1.54) is 10.4 Å². The summed E-state index contributed by atoms with van der Waals surface area (Å²) in [6.07, 6.45) is 0. The van der Waals surface area contributed by atoms with E-state index >= 15 is 0 Å². The Kier molecular flexibility index (Phi) is 5.34. The molecule has 1 N–H and O–H groups in total. The van der Waals surface area contributed by atoms with Gasteiger partial charge in [0.25, 0.3) is 0 Å². The number of nitrogens with zero attached hydrogens (tertiary/aromatic N) is 1. The monoisotopic (exact) mass is 319 g/mol. The largest absolute Gasteiger partial charge is 0.477 e. The van der Waals surface area contributed by atoms with E-state index in [-0.39, 0.29) is 21.7 Å². The van der Waals surface area contributed by atoms with Gasteiger partial charge in [-0.1, -0.05) is 13.8 Å². The SMILES string of the molecule is Cc1sc(C(=O)O)cc1S(=O)(=O)N(CC(C)C)C(C)C. The Morgan fingerprint density at radius 1 is 1.35 bits per heavy atom. The van der Waals surface area contributed by atoms with Crippen molar-refractivity contribution in [1.29, 1.82) is 0 Å². The first-order valence-electron chi connectivity index (χ1n) is 6.43. The maximum Gasteiger partial charge on any atom is 0.345 e. The van der Waals surface area contributed by atoms with Gasteiger partial charge in [-0.15, -0.1) is 11.3 Å². The Balaban J connectivity index is 3.29. The van der Waals surface area contributed by atoms with Crippen molar-refractivity contribution in [3.63, 3.8) is 0 Å². The van der Waals surface area contributed by atoms with Crippen LogP contribution in [0, 0.1) is 12.8 Å². The van der Waals surface area contributed by atoms with Crippen LogP contribution in [-0.4, -0.2) is 36.4 Å². The van der Waals surface area contributed by atoms with E-state index in [2.05, 4.69) is 0 Å². The average Bonchev–Trinajstić information content (AvgIpc) is 2.68. The van der Waals surface area contributed by atoms with E-state index in [0.29, 0.717) is 11.4 Å². The highest BCUT2D eigenvalue weighted by Crippen LogP contribution is 2.29. The second-order valence-corrected chi connectivity index (χ2v) is 8.51. The normalized spacial score (nSPS) is 12.6. The molecule has 5 nitrogen and oxygen atoms in total. The number of carboxylic acids is 1. The summed E-state index contributed by atoms with van der Waals surface area (Å²) < 4.78 is 26.8. The fourth-order valence-electron chi connectivity index (χ4n) is 1.90. The first-order chi connectivity index (χ1) is 9.07. The van der Waals surface area contributed by atoms with Gasteiger partial charge in [0.05, 0.1) is 4.90 Å². The summed E-state index contributed by atoms with van der Waals surface area (Å²) in [5, 5.41) is 8.98. The predicted molar refractivity (Wildman–Crippen MR) is 79.9 cm³/mol. The van der Waals surface area contributed by atoms with Crippen molar-refractivity contribution in [3.05, 3.63) is 15.8 Å². The molecule has 114 valence electrons. The quantitative estimate of drug-likeness (QED) is 0.875. The lowest BCUT2D eigenvalue weighted by Gasteiger charge is -2.27. The van der Waals surface area contributed by atoms with E-state index < -0.39 is 16.0 Å². The highest BCUT2D eigenvalue weighted by molar-refractivity contribution is 7.89. The van der Waals surface area contributed by atoms with E-state index in [1.54, 1.807) is 6.92 Å². The Labute approximate surface area is 124 Å². The minimum atomic E-state index is -3.66. The Bertz CT molecular complexity index is 588. The molecule has 0 saturated carbocycles. The molecular formula is C13H21NO4S2. The highest BCUT2D eigenvalue weighted by Gasteiger charge is 2.31. The Hall–Kier alpha value is -0.920. The highest BCUT2D eigenvalue weighted by atomic mass is 32.2. The summed E-state index contributed by atoms with van der Waals surface area (Å²) in [5.74, 6) is -0.899. The number of thiophene rings is 1. The van der Waals surface area contributed by atoms with Gasteiger partial charge in [0.1, 0.15) is 4.88 Å². The molecule has 0 aliphatic carbocycles. The fraction of sp³-hybridized carbons (Fsp3) is 0.615. The third-order valence-electron chi connectivity index (χ3n) is 2.79. The number of carbonyl (C=O) groups is 1. The summed E-state index contributed by atoms with van der Waals surface area (Å²) in [5.41, 5.74) is 0. The molecule has 1 rings (SSSR count). The molecule has 0 aliphatic heterocycles. The summed E-state index contributed by atoms with van der Waals surface area (Å²) in [7, 11) is -3.66. The number of sulfonamides is 1. The topological polar surface area (TPSA) is 74.7 Å². The van der Waals surface area contributed by atoms with Gasteiger partial charge in [0.2, 0.25) is 10.0 Å². The van der Waals surface area contributed by atoms with Gasteiger partial charge in [-0.05, 0) is 32.8 Å². The van der Waals surface area contributed by atoms with Crippen LogP contribution in [0.25, 0.3) is 0 Å². The van der Waals surface area contributed by atoms with Crippen molar-refractivity contribution >= 4 is 27.3 Å². The van der Waals surface area contributed by atoms with Crippen molar-refractivity contribution in [3.8, 4) is 0 Å². The third kappa shape index (κ3) is 3.59. The molecule has 1 heterocycles. The average molecular weight is 319 g/mol. The van der Waals surface area contributed by atoms with E-state index in [4.69, 9.17) is 5.11 Å². The zero-order valence-electron chi connectivity index (χ0n) is 12.4. The fourth-order valence-corrected chi connectivity index (χ4v) is 5.10.